The van der Waals surface area contributed by atoms with E-state index in [4.69, 9.17) is 4.74 Å². The fraction of sp³-hybridized carbons (Fsp3) is 0.316. The minimum absolute atomic E-state index is 0.144. The number of hydrazone groups is 1. The molecule has 24 heavy (non-hydrogen) atoms. The first-order valence-electron chi connectivity index (χ1n) is 8.31. The lowest BCUT2D eigenvalue weighted by molar-refractivity contribution is 0.272. The van der Waals surface area contributed by atoms with Crippen LogP contribution in [0.25, 0.3) is 0 Å². The van der Waals surface area contributed by atoms with Gasteiger partial charge in [0.15, 0.2) is 11.5 Å². The molecule has 0 amide bonds. The van der Waals surface area contributed by atoms with E-state index < -0.39 is 0 Å². The molecule has 0 atom stereocenters. The van der Waals surface area contributed by atoms with Crippen LogP contribution in [0.2, 0.25) is 0 Å². The SMILES string of the molecule is CCOc1cccc(C=NN2CCN(c3ccccc3)CC2)c1O. The van der Waals surface area contributed by atoms with Gasteiger partial charge in [-0.1, -0.05) is 24.3 Å². The molecule has 0 aromatic heterocycles. The van der Waals surface area contributed by atoms with Gasteiger partial charge in [-0.2, -0.15) is 5.10 Å². The fourth-order valence-corrected chi connectivity index (χ4v) is 2.77. The Bertz CT molecular complexity index is 680. The summed E-state index contributed by atoms with van der Waals surface area (Å²) in [6.07, 6.45) is 1.70. The van der Waals surface area contributed by atoms with Crippen LogP contribution in [0, 0.1) is 0 Å². The van der Waals surface area contributed by atoms with Crippen molar-refractivity contribution < 1.29 is 9.84 Å². The van der Waals surface area contributed by atoms with Gasteiger partial charge in [-0.3, -0.25) is 5.01 Å². The molecule has 5 nitrogen and oxygen atoms in total. The van der Waals surface area contributed by atoms with E-state index >= 15 is 0 Å². The van der Waals surface area contributed by atoms with Gasteiger partial charge in [0, 0.05) is 24.3 Å². The van der Waals surface area contributed by atoms with Crippen molar-refractivity contribution in [1.82, 2.24) is 5.01 Å². The molecule has 1 heterocycles. The quantitative estimate of drug-likeness (QED) is 0.859. The number of phenolic OH excluding ortho intramolecular Hbond substituents is 1. The van der Waals surface area contributed by atoms with Crippen molar-refractivity contribution >= 4 is 11.9 Å². The molecule has 126 valence electrons. The van der Waals surface area contributed by atoms with Crippen LogP contribution in [-0.2, 0) is 0 Å². The Labute approximate surface area is 142 Å². The van der Waals surface area contributed by atoms with Gasteiger partial charge in [-0.25, -0.2) is 0 Å². The van der Waals surface area contributed by atoms with E-state index in [1.54, 1.807) is 12.3 Å². The average molecular weight is 325 g/mol. The Balaban J connectivity index is 1.60. The van der Waals surface area contributed by atoms with Gasteiger partial charge < -0.3 is 14.7 Å². The molecule has 0 radical (unpaired) electrons. The van der Waals surface area contributed by atoms with E-state index in [1.165, 1.54) is 5.69 Å². The maximum Gasteiger partial charge on any atom is 0.166 e. The minimum atomic E-state index is 0.144. The van der Waals surface area contributed by atoms with Crippen molar-refractivity contribution in [3.63, 3.8) is 0 Å². The van der Waals surface area contributed by atoms with Crippen molar-refractivity contribution in [2.24, 2.45) is 5.10 Å². The normalized spacial score (nSPS) is 15.0. The average Bonchev–Trinajstić information content (AvgIpc) is 2.64. The topological polar surface area (TPSA) is 48.3 Å². The van der Waals surface area contributed by atoms with E-state index in [0.717, 1.165) is 26.2 Å². The summed E-state index contributed by atoms with van der Waals surface area (Å²) in [7, 11) is 0. The summed E-state index contributed by atoms with van der Waals surface area (Å²) >= 11 is 0. The Kier molecular flexibility index (Phi) is 5.21. The first kappa shape index (κ1) is 16.2. The lowest BCUT2D eigenvalue weighted by atomic mass is 10.2. The molecule has 1 aliphatic heterocycles. The molecule has 0 spiro atoms. The molecule has 0 unspecified atom stereocenters. The van der Waals surface area contributed by atoms with Crippen molar-refractivity contribution in [2.45, 2.75) is 6.92 Å². The highest BCUT2D eigenvalue weighted by Gasteiger charge is 2.15. The summed E-state index contributed by atoms with van der Waals surface area (Å²) in [6, 6.07) is 15.9. The molecular formula is C19H23N3O2. The van der Waals surface area contributed by atoms with E-state index in [-0.39, 0.29) is 5.75 Å². The molecule has 1 saturated heterocycles. The maximum absolute atomic E-state index is 10.2. The third-order valence-electron chi connectivity index (χ3n) is 4.07. The predicted molar refractivity (Wildman–Crippen MR) is 97.1 cm³/mol. The Morgan fingerprint density at radius 2 is 1.79 bits per heavy atom. The minimum Gasteiger partial charge on any atom is -0.504 e. The molecule has 1 N–H and O–H groups in total. The van der Waals surface area contributed by atoms with Gasteiger partial charge >= 0.3 is 0 Å². The van der Waals surface area contributed by atoms with Crippen LogP contribution in [0.4, 0.5) is 5.69 Å². The highest BCUT2D eigenvalue weighted by molar-refractivity contribution is 5.84. The molecule has 0 saturated carbocycles. The third-order valence-corrected chi connectivity index (χ3v) is 4.07. The molecule has 1 fully saturated rings. The number of ether oxygens (including phenoxy) is 1. The van der Waals surface area contributed by atoms with Gasteiger partial charge in [0.25, 0.3) is 0 Å². The highest BCUT2D eigenvalue weighted by Crippen LogP contribution is 2.28. The first-order chi connectivity index (χ1) is 11.8. The highest BCUT2D eigenvalue weighted by atomic mass is 16.5. The molecule has 2 aromatic carbocycles. The van der Waals surface area contributed by atoms with Crippen molar-refractivity contribution in [3.8, 4) is 11.5 Å². The van der Waals surface area contributed by atoms with Crippen LogP contribution in [0.5, 0.6) is 11.5 Å². The standard InChI is InChI=1S/C19H23N3O2/c1-2-24-18-10-6-7-16(19(18)23)15-20-22-13-11-21(12-14-22)17-8-4-3-5-9-17/h3-10,15,23H,2,11-14H2,1H3. The summed E-state index contributed by atoms with van der Waals surface area (Å²) < 4.78 is 5.40. The molecule has 5 heteroatoms. The monoisotopic (exact) mass is 325 g/mol. The lowest BCUT2D eigenvalue weighted by Crippen LogP contribution is -2.44. The van der Waals surface area contributed by atoms with Gasteiger partial charge in [0.1, 0.15) is 0 Å². The van der Waals surface area contributed by atoms with Gasteiger partial charge in [-0.15, -0.1) is 0 Å². The number of hydrogen-bond donors (Lipinski definition) is 1. The molecule has 3 rings (SSSR count). The number of hydrogen-bond acceptors (Lipinski definition) is 5. The van der Waals surface area contributed by atoms with E-state index in [2.05, 4.69) is 34.3 Å². The molecule has 0 bridgehead atoms. The van der Waals surface area contributed by atoms with Crippen LogP contribution < -0.4 is 9.64 Å². The number of phenols is 1. The Morgan fingerprint density at radius 1 is 1.04 bits per heavy atom. The Hall–Kier alpha value is -2.69. The molecule has 0 aliphatic carbocycles. The summed E-state index contributed by atoms with van der Waals surface area (Å²) in [4.78, 5) is 2.36. The van der Waals surface area contributed by atoms with Crippen LogP contribution in [0.3, 0.4) is 0 Å². The number of nitrogens with zero attached hydrogens (tertiary/aromatic N) is 3. The molecular weight excluding hydrogens is 302 g/mol. The maximum atomic E-state index is 10.2. The summed E-state index contributed by atoms with van der Waals surface area (Å²) in [6.45, 7) is 6.01. The lowest BCUT2D eigenvalue weighted by Gasteiger charge is -2.34. The summed E-state index contributed by atoms with van der Waals surface area (Å²) in [5, 5.41) is 16.7. The fourth-order valence-electron chi connectivity index (χ4n) is 2.77. The summed E-state index contributed by atoms with van der Waals surface area (Å²) in [5.74, 6) is 0.640. The van der Waals surface area contributed by atoms with Gasteiger partial charge in [0.2, 0.25) is 0 Å². The molecule has 1 aliphatic rings. The number of piperazine rings is 1. The number of anilines is 1. The van der Waals surface area contributed by atoms with Crippen LogP contribution in [0.15, 0.2) is 53.6 Å². The number of benzene rings is 2. The van der Waals surface area contributed by atoms with Crippen LogP contribution in [0.1, 0.15) is 12.5 Å². The number of rotatable bonds is 5. The third kappa shape index (κ3) is 3.79. The van der Waals surface area contributed by atoms with Crippen molar-refractivity contribution in [1.29, 1.82) is 0 Å². The first-order valence-corrected chi connectivity index (χ1v) is 8.31. The zero-order chi connectivity index (χ0) is 16.8. The van der Waals surface area contributed by atoms with Gasteiger partial charge in [-0.05, 0) is 31.2 Å². The van der Waals surface area contributed by atoms with Crippen LogP contribution in [-0.4, -0.2) is 49.1 Å². The largest absolute Gasteiger partial charge is 0.504 e. The number of para-hydroxylation sites is 2. The Morgan fingerprint density at radius 3 is 2.50 bits per heavy atom. The smallest absolute Gasteiger partial charge is 0.166 e. The zero-order valence-corrected chi connectivity index (χ0v) is 13.9. The van der Waals surface area contributed by atoms with E-state index in [0.29, 0.717) is 17.9 Å². The van der Waals surface area contributed by atoms with E-state index in [1.807, 2.05) is 30.1 Å². The predicted octanol–water partition coefficient (Wildman–Crippen LogP) is 2.95. The number of aromatic hydroxyl groups is 1. The summed E-state index contributed by atoms with van der Waals surface area (Å²) in [5.41, 5.74) is 1.93. The second-order valence-electron chi connectivity index (χ2n) is 5.65. The molecule has 2 aromatic rings. The van der Waals surface area contributed by atoms with Crippen LogP contribution >= 0.6 is 0 Å². The van der Waals surface area contributed by atoms with Crippen molar-refractivity contribution in [2.75, 3.05) is 37.7 Å². The van der Waals surface area contributed by atoms with Crippen molar-refractivity contribution in [3.05, 3.63) is 54.1 Å². The zero-order valence-electron chi connectivity index (χ0n) is 13.9. The second kappa shape index (κ2) is 7.73. The van der Waals surface area contributed by atoms with Gasteiger partial charge in [0.05, 0.1) is 25.9 Å². The van der Waals surface area contributed by atoms with E-state index in [9.17, 15) is 5.11 Å². The second-order valence-corrected chi connectivity index (χ2v) is 5.65.